The van der Waals surface area contributed by atoms with Crippen LogP contribution >= 0.6 is 0 Å². The first-order valence-electron chi connectivity index (χ1n) is 7.20. The van der Waals surface area contributed by atoms with E-state index in [1.807, 2.05) is 0 Å². The fourth-order valence-corrected chi connectivity index (χ4v) is 3.15. The van der Waals surface area contributed by atoms with Gasteiger partial charge in [0.2, 0.25) is 0 Å². The average molecular weight is 290 g/mol. The van der Waals surface area contributed by atoms with E-state index in [1.165, 1.54) is 0 Å². The van der Waals surface area contributed by atoms with Crippen molar-refractivity contribution in [3.05, 3.63) is 29.8 Å². The van der Waals surface area contributed by atoms with Crippen LogP contribution in [-0.4, -0.2) is 30.8 Å². The molecular weight excluding hydrogens is 272 g/mol. The molecule has 1 aliphatic carbocycles. The lowest BCUT2D eigenvalue weighted by molar-refractivity contribution is -0.155. The molecule has 1 heterocycles. The second-order valence-corrected chi connectivity index (χ2v) is 5.55. The number of methoxy groups -OCH3 is 1. The second-order valence-electron chi connectivity index (χ2n) is 5.55. The molecule has 2 atom stereocenters. The quantitative estimate of drug-likeness (QED) is 0.800. The summed E-state index contributed by atoms with van der Waals surface area (Å²) < 4.78 is 16.1. The van der Waals surface area contributed by atoms with Crippen molar-refractivity contribution in [3.8, 4) is 5.75 Å². The fourth-order valence-electron chi connectivity index (χ4n) is 3.15. The Morgan fingerprint density at radius 2 is 2.05 bits per heavy atom. The van der Waals surface area contributed by atoms with Crippen molar-refractivity contribution in [1.29, 1.82) is 0 Å². The summed E-state index contributed by atoms with van der Waals surface area (Å²) in [5.41, 5.74) is -0.110. The number of carbonyl (C=O) groups excluding carboxylic acids is 2. The molecule has 1 aliphatic heterocycles. The van der Waals surface area contributed by atoms with Crippen LogP contribution in [0.5, 0.6) is 5.75 Å². The summed E-state index contributed by atoms with van der Waals surface area (Å²) in [7, 11) is 1.57. The first kappa shape index (κ1) is 13.9. The Morgan fingerprint density at radius 1 is 1.29 bits per heavy atom. The zero-order chi connectivity index (χ0) is 14.9. The van der Waals surface area contributed by atoms with Crippen molar-refractivity contribution in [1.82, 2.24) is 0 Å². The highest BCUT2D eigenvalue weighted by atomic mass is 16.6. The minimum absolute atomic E-state index is 0.192. The predicted octanol–water partition coefficient (Wildman–Crippen LogP) is 2.48. The predicted molar refractivity (Wildman–Crippen MR) is 74.1 cm³/mol. The minimum atomic E-state index is -0.584. The summed E-state index contributed by atoms with van der Waals surface area (Å²) in [6.45, 7) is 0. The Hall–Kier alpha value is -2.04. The summed E-state index contributed by atoms with van der Waals surface area (Å²) in [5.74, 6) is 0.114. The Balaban J connectivity index is 1.70. The van der Waals surface area contributed by atoms with E-state index in [0.29, 0.717) is 24.2 Å². The van der Waals surface area contributed by atoms with E-state index in [0.717, 1.165) is 19.3 Å². The largest absolute Gasteiger partial charge is 0.497 e. The highest BCUT2D eigenvalue weighted by Crippen LogP contribution is 2.43. The van der Waals surface area contributed by atoms with Crippen molar-refractivity contribution in [2.45, 2.75) is 43.8 Å². The minimum Gasteiger partial charge on any atom is -0.497 e. The molecule has 1 saturated heterocycles. The molecule has 1 spiro atoms. The number of benzene rings is 1. The van der Waals surface area contributed by atoms with Crippen LogP contribution in [0.1, 0.15) is 42.5 Å². The van der Waals surface area contributed by atoms with Crippen LogP contribution in [0.25, 0.3) is 0 Å². The molecular formula is C16H18O5. The van der Waals surface area contributed by atoms with Crippen LogP contribution in [0, 0.1) is 0 Å². The first-order valence-corrected chi connectivity index (χ1v) is 7.20. The van der Waals surface area contributed by atoms with Gasteiger partial charge in [0.25, 0.3) is 0 Å². The van der Waals surface area contributed by atoms with Gasteiger partial charge in [0.15, 0.2) is 0 Å². The zero-order valence-electron chi connectivity index (χ0n) is 12.0. The number of hydrogen-bond acceptors (Lipinski definition) is 5. The molecule has 21 heavy (non-hydrogen) atoms. The van der Waals surface area contributed by atoms with Crippen molar-refractivity contribution in [3.63, 3.8) is 0 Å². The lowest BCUT2D eigenvalue weighted by atomic mass is 9.96. The van der Waals surface area contributed by atoms with Crippen molar-refractivity contribution >= 4 is 11.9 Å². The lowest BCUT2D eigenvalue weighted by Crippen LogP contribution is -2.40. The number of esters is 2. The van der Waals surface area contributed by atoms with Crippen LogP contribution in [0.4, 0.5) is 0 Å². The van der Waals surface area contributed by atoms with E-state index in [1.54, 1.807) is 31.4 Å². The molecule has 0 aromatic heterocycles. The van der Waals surface area contributed by atoms with Crippen LogP contribution in [0.2, 0.25) is 0 Å². The number of hydrogen-bond donors (Lipinski definition) is 0. The van der Waals surface area contributed by atoms with Crippen molar-refractivity contribution < 1.29 is 23.8 Å². The van der Waals surface area contributed by atoms with Crippen LogP contribution < -0.4 is 4.74 Å². The van der Waals surface area contributed by atoms with E-state index in [4.69, 9.17) is 14.2 Å². The lowest BCUT2D eigenvalue weighted by Gasteiger charge is -2.29. The summed E-state index contributed by atoms with van der Waals surface area (Å²) in [6, 6.07) is 6.78. The standard InChI is InChI=1S/C16H18O5/c1-19-12-6-4-11(5-7-12)15(18)20-13-3-2-9-16(13)10-8-14(17)21-16/h4-7,13H,2-3,8-10H2,1H3/t13-,16+/m1/s1. The second kappa shape index (κ2) is 5.39. The number of ether oxygens (including phenoxy) is 3. The molecule has 3 rings (SSSR count). The van der Waals surface area contributed by atoms with Crippen molar-refractivity contribution in [2.75, 3.05) is 7.11 Å². The van der Waals surface area contributed by atoms with E-state index < -0.39 is 5.60 Å². The highest BCUT2D eigenvalue weighted by molar-refractivity contribution is 5.89. The van der Waals surface area contributed by atoms with Gasteiger partial charge in [-0.05, 0) is 43.5 Å². The summed E-state index contributed by atoms with van der Waals surface area (Å²) in [6.07, 6.45) is 3.16. The van der Waals surface area contributed by atoms with Gasteiger partial charge >= 0.3 is 11.9 Å². The van der Waals surface area contributed by atoms with Gasteiger partial charge in [-0.15, -0.1) is 0 Å². The molecule has 2 aliphatic rings. The number of rotatable bonds is 3. The van der Waals surface area contributed by atoms with E-state index in [9.17, 15) is 9.59 Å². The number of carbonyl (C=O) groups is 2. The van der Waals surface area contributed by atoms with E-state index in [2.05, 4.69) is 0 Å². The van der Waals surface area contributed by atoms with Crippen LogP contribution in [0.3, 0.4) is 0 Å². The molecule has 2 fully saturated rings. The molecule has 112 valence electrons. The SMILES string of the molecule is COc1ccc(C(=O)O[C@@H]2CCC[C@]23CCC(=O)O3)cc1. The average Bonchev–Trinajstić information content (AvgIpc) is 3.06. The van der Waals surface area contributed by atoms with Gasteiger partial charge in [-0.3, -0.25) is 4.79 Å². The van der Waals surface area contributed by atoms with Gasteiger partial charge in [-0.2, -0.15) is 0 Å². The Kier molecular flexibility index (Phi) is 3.57. The molecule has 1 aromatic carbocycles. The Morgan fingerprint density at radius 3 is 2.67 bits per heavy atom. The molecule has 5 heteroatoms. The first-order chi connectivity index (χ1) is 10.1. The van der Waals surface area contributed by atoms with Gasteiger partial charge in [-0.1, -0.05) is 0 Å². The maximum Gasteiger partial charge on any atom is 0.338 e. The van der Waals surface area contributed by atoms with Crippen LogP contribution in [0.15, 0.2) is 24.3 Å². The van der Waals surface area contributed by atoms with Gasteiger partial charge in [0.1, 0.15) is 17.5 Å². The molecule has 0 N–H and O–H groups in total. The van der Waals surface area contributed by atoms with Gasteiger partial charge in [0.05, 0.1) is 12.7 Å². The van der Waals surface area contributed by atoms with Gasteiger partial charge in [-0.25, -0.2) is 4.79 Å². The maximum atomic E-state index is 12.2. The molecule has 1 saturated carbocycles. The Labute approximate surface area is 123 Å². The summed E-state index contributed by atoms with van der Waals surface area (Å²) >= 11 is 0. The highest BCUT2D eigenvalue weighted by Gasteiger charge is 2.52. The van der Waals surface area contributed by atoms with Crippen LogP contribution in [-0.2, 0) is 14.3 Å². The Bertz CT molecular complexity index is 550. The maximum absolute atomic E-state index is 12.2. The van der Waals surface area contributed by atoms with E-state index >= 15 is 0 Å². The van der Waals surface area contributed by atoms with Crippen molar-refractivity contribution in [2.24, 2.45) is 0 Å². The van der Waals surface area contributed by atoms with Gasteiger partial charge < -0.3 is 14.2 Å². The summed E-state index contributed by atoms with van der Waals surface area (Å²) in [5, 5.41) is 0. The summed E-state index contributed by atoms with van der Waals surface area (Å²) in [4.78, 5) is 23.6. The molecule has 0 unspecified atom stereocenters. The normalized spacial score (nSPS) is 27.7. The van der Waals surface area contributed by atoms with E-state index in [-0.39, 0.29) is 18.0 Å². The third-order valence-electron chi connectivity index (χ3n) is 4.30. The molecule has 1 aromatic rings. The molecule has 5 nitrogen and oxygen atoms in total. The monoisotopic (exact) mass is 290 g/mol. The molecule has 0 radical (unpaired) electrons. The third kappa shape index (κ3) is 2.60. The third-order valence-corrected chi connectivity index (χ3v) is 4.30. The smallest absolute Gasteiger partial charge is 0.338 e. The zero-order valence-corrected chi connectivity index (χ0v) is 12.0. The topological polar surface area (TPSA) is 61.8 Å². The molecule has 0 amide bonds. The molecule has 0 bridgehead atoms. The fraction of sp³-hybridized carbons (Fsp3) is 0.500. The van der Waals surface area contributed by atoms with Gasteiger partial charge in [0, 0.05) is 12.8 Å².